The molecule has 0 saturated carbocycles. The third kappa shape index (κ3) is 3.34. The Morgan fingerprint density at radius 3 is 3.00 bits per heavy atom. The highest BCUT2D eigenvalue weighted by Crippen LogP contribution is 2.24. The van der Waals surface area contributed by atoms with Crippen molar-refractivity contribution < 1.29 is 4.92 Å². The van der Waals surface area contributed by atoms with Gasteiger partial charge in [0.15, 0.2) is 0 Å². The Morgan fingerprint density at radius 2 is 2.47 bits per heavy atom. The molecule has 1 unspecified atom stereocenters. The monoisotopic (exact) mass is 230 g/mol. The van der Waals surface area contributed by atoms with Crippen LogP contribution in [0.5, 0.6) is 0 Å². The number of nitrogens with zero attached hydrogens (tertiary/aromatic N) is 2. The second-order valence-electron chi connectivity index (χ2n) is 3.14. The fourth-order valence-corrected chi connectivity index (χ4v) is 1.11. The molecule has 0 spiro atoms. The molecule has 1 atom stereocenters. The van der Waals surface area contributed by atoms with Gasteiger partial charge in [0.2, 0.25) is 5.82 Å². The van der Waals surface area contributed by atoms with E-state index in [-0.39, 0.29) is 22.6 Å². The second kappa shape index (κ2) is 4.90. The maximum absolute atomic E-state index is 10.7. The average Bonchev–Trinajstić information content (AvgIpc) is 2.15. The number of rotatable bonds is 4. The predicted molar refractivity (Wildman–Crippen MR) is 58.0 cm³/mol. The molecule has 0 fully saturated rings. The zero-order valence-corrected chi connectivity index (χ0v) is 8.86. The number of nitrogens with one attached hydrogen (secondary N) is 1. The molecular formula is C8H11ClN4O2. The molecule has 1 aromatic heterocycles. The van der Waals surface area contributed by atoms with Gasteiger partial charge in [0.25, 0.3) is 0 Å². The van der Waals surface area contributed by atoms with Gasteiger partial charge < -0.3 is 11.1 Å². The van der Waals surface area contributed by atoms with E-state index in [1.807, 2.05) is 0 Å². The van der Waals surface area contributed by atoms with Crippen LogP contribution in [0.1, 0.15) is 6.92 Å². The van der Waals surface area contributed by atoms with Gasteiger partial charge in [-0.1, -0.05) is 11.6 Å². The highest BCUT2D eigenvalue weighted by atomic mass is 35.5. The van der Waals surface area contributed by atoms with E-state index in [0.29, 0.717) is 6.54 Å². The maximum Gasteiger partial charge on any atom is 0.312 e. The number of nitro groups is 1. The highest BCUT2D eigenvalue weighted by molar-refractivity contribution is 6.30. The Labute approximate surface area is 91.6 Å². The van der Waals surface area contributed by atoms with Crippen LogP contribution < -0.4 is 11.1 Å². The van der Waals surface area contributed by atoms with Crippen LogP contribution in [-0.4, -0.2) is 22.5 Å². The third-order valence-electron chi connectivity index (χ3n) is 1.62. The number of pyridine rings is 1. The van der Waals surface area contributed by atoms with Gasteiger partial charge in [0, 0.05) is 24.8 Å². The first-order valence-corrected chi connectivity index (χ1v) is 4.68. The lowest BCUT2D eigenvalue weighted by Crippen LogP contribution is -2.25. The smallest absolute Gasteiger partial charge is 0.312 e. The summed E-state index contributed by atoms with van der Waals surface area (Å²) in [6.07, 6.45) is 1.35. The topological polar surface area (TPSA) is 94.1 Å². The van der Waals surface area contributed by atoms with Crippen LogP contribution in [0.4, 0.5) is 11.5 Å². The molecule has 1 heterocycles. The molecule has 0 radical (unpaired) electrons. The maximum atomic E-state index is 10.7. The molecule has 0 aliphatic carbocycles. The van der Waals surface area contributed by atoms with Gasteiger partial charge in [-0.25, -0.2) is 4.98 Å². The van der Waals surface area contributed by atoms with Gasteiger partial charge in [-0.15, -0.1) is 0 Å². The van der Waals surface area contributed by atoms with Crippen LogP contribution in [0.15, 0.2) is 12.3 Å². The minimum atomic E-state index is -0.539. The molecule has 6 nitrogen and oxygen atoms in total. The molecule has 0 bridgehead atoms. The molecule has 1 rings (SSSR count). The van der Waals surface area contributed by atoms with E-state index < -0.39 is 4.92 Å². The molecular weight excluding hydrogens is 220 g/mol. The molecule has 3 N–H and O–H groups in total. The molecule has 1 aromatic rings. The van der Waals surface area contributed by atoms with Crippen molar-refractivity contribution >= 4 is 23.1 Å². The van der Waals surface area contributed by atoms with Gasteiger partial charge in [0.1, 0.15) is 0 Å². The quantitative estimate of drug-likeness (QED) is 0.602. The standard InChI is InChI=1S/C8H11ClN4O2/c1-5(10)3-11-8-7(13(14)15)2-6(9)4-12-8/h2,4-5H,3,10H2,1H3,(H,11,12). The Bertz CT molecular complexity index is 370. The second-order valence-corrected chi connectivity index (χ2v) is 3.57. The minimum Gasteiger partial charge on any atom is -0.363 e. The molecule has 15 heavy (non-hydrogen) atoms. The first-order chi connectivity index (χ1) is 7.00. The van der Waals surface area contributed by atoms with Crippen molar-refractivity contribution in [1.29, 1.82) is 0 Å². The van der Waals surface area contributed by atoms with Crippen LogP contribution in [0.3, 0.4) is 0 Å². The lowest BCUT2D eigenvalue weighted by Gasteiger charge is -2.08. The van der Waals surface area contributed by atoms with Crippen molar-refractivity contribution in [2.75, 3.05) is 11.9 Å². The fraction of sp³-hybridized carbons (Fsp3) is 0.375. The van der Waals surface area contributed by atoms with Crippen molar-refractivity contribution in [2.45, 2.75) is 13.0 Å². The SMILES string of the molecule is CC(N)CNc1ncc(Cl)cc1[N+](=O)[O-]. The minimum absolute atomic E-state index is 0.109. The summed E-state index contributed by atoms with van der Waals surface area (Å²) in [5.74, 6) is 0.182. The number of anilines is 1. The summed E-state index contributed by atoms with van der Waals surface area (Å²) >= 11 is 5.60. The fourth-order valence-electron chi connectivity index (χ4n) is 0.962. The number of hydrogen-bond donors (Lipinski definition) is 2. The van der Waals surface area contributed by atoms with Gasteiger partial charge in [-0.3, -0.25) is 10.1 Å². The van der Waals surface area contributed by atoms with Gasteiger partial charge in [-0.05, 0) is 6.92 Å². The normalized spacial score (nSPS) is 12.2. The van der Waals surface area contributed by atoms with Crippen LogP contribution in [-0.2, 0) is 0 Å². The molecule has 0 aromatic carbocycles. The number of halogens is 1. The van der Waals surface area contributed by atoms with Crippen LogP contribution in [0, 0.1) is 10.1 Å². The molecule has 82 valence electrons. The Balaban J connectivity index is 2.91. The molecule has 0 amide bonds. The first kappa shape index (κ1) is 11.7. The average molecular weight is 231 g/mol. The van der Waals surface area contributed by atoms with Crippen molar-refractivity contribution in [3.8, 4) is 0 Å². The third-order valence-corrected chi connectivity index (χ3v) is 1.83. The van der Waals surface area contributed by atoms with E-state index in [9.17, 15) is 10.1 Å². The Morgan fingerprint density at radius 1 is 1.80 bits per heavy atom. The van der Waals surface area contributed by atoms with Gasteiger partial charge >= 0.3 is 5.69 Å². The summed E-state index contributed by atoms with van der Waals surface area (Å²) in [6, 6.07) is 1.14. The van der Waals surface area contributed by atoms with Gasteiger partial charge in [0.05, 0.1) is 9.95 Å². The lowest BCUT2D eigenvalue weighted by molar-refractivity contribution is -0.384. The highest BCUT2D eigenvalue weighted by Gasteiger charge is 2.15. The Kier molecular flexibility index (Phi) is 3.81. The van der Waals surface area contributed by atoms with E-state index in [1.165, 1.54) is 12.3 Å². The zero-order valence-electron chi connectivity index (χ0n) is 8.11. The molecule has 7 heteroatoms. The first-order valence-electron chi connectivity index (χ1n) is 4.30. The van der Waals surface area contributed by atoms with E-state index in [2.05, 4.69) is 10.3 Å². The summed E-state index contributed by atoms with van der Waals surface area (Å²) in [6.45, 7) is 2.20. The number of aromatic nitrogens is 1. The van der Waals surface area contributed by atoms with Crippen molar-refractivity contribution in [3.05, 3.63) is 27.4 Å². The summed E-state index contributed by atoms with van der Waals surface area (Å²) in [5, 5.41) is 13.7. The molecule has 0 saturated heterocycles. The van der Waals surface area contributed by atoms with Crippen molar-refractivity contribution in [1.82, 2.24) is 4.98 Å². The van der Waals surface area contributed by atoms with E-state index in [4.69, 9.17) is 17.3 Å². The summed E-state index contributed by atoms with van der Waals surface area (Å²) in [7, 11) is 0. The lowest BCUT2D eigenvalue weighted by atomic mass is 10.3. The van der Waals surface area contributed by atoms with Crippen molar-refractivity contribution in [3.63, 3.8) is 0 Å². The van der Waals surface area contributed by atoms with E-state index >= 15 is 0 Å². The van der Waals surface area contributed by atoms with Gasteiger partial charge in [-0.2, -0.15) is 0 Å². The summed E-state index contributed by atoms with van der Waals surface area (Å²) in [5.41, 5.74) is 5.36. The molecule has 0 aliphatic heterocycles. The predicted octanol–water partition coefficient (Wildman–Crippen LogP) is 1.40. The number of hydrogen-bond acceptors (Lipinski definition) is 5. The molecule has 0 aliphatic rings. The Hall–Kier alpha value is -1.40. The summed E-state index contributed by atoms with van der Waals surface area (Å²) in [4.78, 5) is 13.9. The van der Waals surface area contributed by atoms with Crippen LogP contribution >= 0.6 is 11.6 Å². The van der Waals surface area contributed by atoms with Crippen LogP contribution in [0.25, 0.3) is 0 Å². The van der Waals surface area contributed by atoms with E-state index in [1.54, 1.807) is 6.92 Å². The summed E-state index contributed by atoms with van der Waals surface area (Å²) < 4.78 is 0. The van der Waals surface area contributed by atoms with E-state index in [0.717, 1.165) is 0 Å². The largest absolute Gasteiger partial charge is 0.363 e. The van der Waals surface area contributed by atoms with Crippen molar-refractivity contribution in [2.24, 2.45) is 5.73 Å². The van der Waals surface area contributed by atoms with Crippen LogP contribution in [0.2, 0.25) is 5.02 Å². The zero-order chi connectivity index (χ0) is 11.4. The number of nitrogens with two attached hydrogens (primary N) is 1.